The van der Waals surface area contributed by atoms with Gasteiger partial charge in [0, 0.05) is 31.3 Å². The van der Waals surface area contributed by atoms with Crippen LogP contribution in [-0.4, -0.2) is 42.8 Å². The van der Waals surface area contributed by atoms with Crippen molar-refractivity contribution in [2.24, 2.45) is 11.7 Å². The molecule has 3 atom stereocenters. The molecule has 1 aliphatic heterocycles. The third-order valence-electron chi connectivity index (χ3n) is 3.91. The minimum atomic E-state index is 0.114. The largest absolute Gasteiger partial charge is 0.383 e. The average molecular weight is 214 g/mol. The van der Waals surface area contributed by atoms with Gasteiger partial charge in [0.2, 0.25) is 0 Å². The molecule has 2 N–H and O–H groups in total. The van der Waals surface area contributed by atoms with Crippen molar-refractivity contribution in [2.75, 3.05) is 20.3 Å². The fourth-order valence-corrected chi connectivity index (χ4v) is 2.69. The van der Waals surface area contributed by atoms with E-state index >= 15 is 0 Å². The van der Waals surface area contributed by atoms with Crippen LogP contribution in [0.5, 0.6) is 0 Å². The number of likely N-dealkylation sites (tertiary alicyclic amines) is 1. The summed E-state index contributed by atoms with van der Waals surface area (Å²) in [5.74, 6) is 0.565. The maximum absolute atomic E-state index is 6.09. The van der Waals surface area contributed by atoms with E-state index in [1.165, 1.54) is 0 Å². The quantitative estimate of drug-likeness (QED) is 0.773. The van der Waals surface area contributed by atoms with Crippen LogP contribution in [0.15, 0.2) is 0 Å². The molecular weight excluding hydrogens is 188 g/mol. The molecule has 90 valence electrons. The number of nitrogens with two attached hydrogens (primary N) is 1. The Bertz CT molecular complexity index is 206. The second kappa shape index (κ2) is 4.81. The predicted molar refractivity (Wildman–Crippen MR) is 63.9 cm³/mol. The highest BCUT2D eigenvalue weighted by molar-refractivity contribution is 4.94. The molecule has 0 saturated carbocycles. The smallest absolute Gasteiger partial charge is 0.0641 e. The molecule has 1 aliphatic rings. The van der Waals surface area contributed by atoms with Gasteiger partial charge < -0.3 is 10.5 Å². The molecule has 15 heavy (non-hydrogen) atoms. The van der Waals surface area contributed by atoms with Crippen LogP contribution in [-0.2, 0) is 4.74 Å². The van der Waals surface area contributed by atoms with Crippen LogP contribution < -0.4 is 5.73 Å². The number of piperidine rings is 1. The zero-order valence-electron chi connectivity index (χ0n) is 10.8. The Labute approximate surface area is 94.0 Å². The highest BCUT2D eigenvalue weighted by Crippen LogP contribution is 2.29. The summed E-state index contributed by atoms with van der Waals surface area (Å²) in [5, 5.41) is 0. The van der Waals surface area contributed by atoms with Gasteiger partial charge in [-0.2, -0.15) is 0 Å². The first-order valence-corrected chi connectivity index (χ1v) is 5.91. The van der Waals surface area contributed by atoms with E-state index in [-0.39, 0.29) is 5.54 Å². The van der Waals surface area contributed by atoms with Gasteiger partial charge in [0.25, 0.3) is 0 Å². The molecule has 0 amide bonds. The van der Waals surface area contributed by atoms with E-state index in [1.807, 2.05) is 0 Å². The number of hydrogen-bond donors (Lipinski definition) is 1. The van der Waals surface area contributed by atoms with Crippen molar-refractivity contribution >= 4 is 0 Å². The monoisotopic (exact) mass is 214 g/mol. The van der Waals surface area contributed by atoms with Gasteiger partial charge in [-0.25, -0.2) is 0 Å². The van der Waals surface area contributed by atoms with Crippen molar-refractivity contribution in [1.82, 2.24) is 4.90 Å². The molecule has 1 heterocycles. The number of rotatable bonds is 3. The van der Waals surface area contributed by atoms with Crippen LogP contribution in [0, 0.1) is 5.92 Å². The molecule has 1 rings (SSSR count). The first-order valence-electron chi connectivity index (χ1n) is 5.91. The Morgan fingerprint density at radius 3 is 2.53 bits per heavy atom. The maximum Gasteiger partial charge on any atom is 0.0641 e. The van der Waals surface area contributed by atoms with Gasteiger partial charge in [-0.15, -0.1) is 0 Å². The zero-order valence-corrected chi connectivity index (χ0v) is 10.8. The maximum atomic E-state index is 6.09. The Morgan fingerprint density at radius 1 is 1.40 bits per heavy atom. The lowest BCUT2D eigenvalue weighted by Gasteiger charge is -2.49. The van der Waals surface area contributed by atoms with E-state index < -0.39 is 0 Å². The van der Waals surface area contributed by atoms with Crippen molar-refractivity contribution in [3.05, 3.63) is 0 Å². The summed E-state index contributed by atoms with van der Waals surface area (Å²) in [6, 6.07) is 0.897. The van der Waals surface area contributed by atoms with Gasteiger partial charge in [-0.3, -0.25) is 4.90 Å². The second-order valence-corrected chi connectivity index (χ2v) is 5.49. The molecule has 0 aromatic rings. The van der Waals surface area contributed by atoms with Crippen molar-refractivity contribution in [3.8, 4) is 0 Å². The van der Waals surface area contributed by atoms with E-state index in [4.69, 9.17) is 10.5 Å². The lowest BCUT2D eigenvalue weighted by atomic mass is 9.84. The van der Waals surface area contributed by atoms with E-state index in [0.29, 0.717) is 18.0 Å². The summed E-state index contributed by atoms with van der Waals surface area (Å²) in [6.45, 7) is 10.9. The number of ether oxygens (including phenoxy) is 1. The van der Waals surface area contributed by atoms with E-state index in [2.05, 4.69) is 32.6 Å². The zero-order chi connectivity index (χ0) is 11.6. The summed E-state index contributed by atoms with van der Waals surface area (Å²) < 4.78 is 5.30. The number of hydrogen-bond acceptors (Lipinski definition) is 3. The Balaban J connectivity index is 2.70. The highest BCUT2D eigenvalue weighted by Gasteiger charge is 2.38. The predicted octanol–water partition coefficient (Wildman–Crippen LogP) is 1.47. The fourth-order valence-electron chi connectivity index (χ4n) is 2.69. The van der Waals surface area contributed by atoms with Crippen molar-refractivity contribution in [3.63, 3.8) is 0 Å². The Hall–Kier alpha value is -0.120. The molecule has 3 unspecified atom stereocenters. The van der Waals surface area contributed by atoms with Crippen molar-refractivity contribution in [2.45, 2.75) is 51.7 Å². The number of nitrogens with zero attached hydrogens (tertiary/aromatic N) is 1. The van der Waals surface area contributed by atoms with E-state index in [9.17, 15) is 0 Å². The number of methoxy groups -OCH3 is 1. The third-order valence-corrected chi connectivity index (χ3v) is 3.91. The summed E-state index contributed by atoms with van der Waals surface area (Å²) in [5.41, 5.74) is 6.20. The Kier molecular flexibility index (Phi) is 4.15. The molecular formula is C12H26N2O. The van der Waals surface area contributed by atoms with Crippen LogP contribution in [0.25, 0.3) is 0 Å². The molecule has 1 saturated heterocycles. The van der Waals surface area contributed by atoms with Crippen LogP contribution in [0.4, 0.5) is 0 Å². The van der Waals surface area contributed by atoms with Gasteiger partial charge in [0.15, 0.2) is 0 Å². The lowest BCUT2D eigenvalue weighted by molar-refractivity contribution is -0.0287. The minimum absolute atomic E-state index is 0.114. The van der Waals surface area contributed by atoms with Crippen molar-refractivity contribution in [1.29, 1.82) is 0 Å². The lowest BCUT2D eigenvalue weighted by Crippen LogP contribution is -2.60. The standard InChI is InChI=1S/C12H26N2O/c1-9-10(2)14(7-6-11(9)13)12(3,4)8-15-5/h9-11H,6-8,13H2,1-5H3. The topological polar surface area (TPSA) is 38.5 Å². The van der Waals surface area contributed by atoms with Crippen LogP contribution >= 0.6 is 0 Å². The van der Waals surface area contributed by atoms with Gasteiger partial charge in [-0.05, 0) is 33.1 Å². The molecule has 3 nitrogen and oxygen atoms in total. The third kappa shape index (κ3) is 2.71. The summed E-state index contributed by atoms with van der Waals surface area (Å²) >= 11 is 0. The first kappa shape index (κ1) is 12.9. The van der Waals surface area contributed by atoms with Crippen LogP contribution in [0.3, 0.4) is 0 Å². The molecule has 0 bridgehead atoms. The molecule has 0 spiro atoms. The second-order valence-electron chi connectivity index (χ2n) is 5.49. The van der Waals surface area contributed by atoms with Crippen LogP contribution in [0.2, 0.25) is 0 Å². The molecule has 1 fully saturated rings. The first-order chi connectivity index (χ1) is 6.90. The molecule has 0 aromatic heterocycles. The molecule has 0 aliphatic carbocycles. The molecule has 0 aromatic carbocycles. The van der Waals surface area contributed by atoms with Gasteiger partial charge in [-0.1, -0.05) is 6.92 Å². The summed E-state index contributed by atoms with van der Waals surface area (Å²) in [6.07, 6.45) is 1.10. The normalized spacial score (nSPS) is 34.4. The average Bonchev–Trinajstić information content (AvgIpc) is 2.13. The summed E-state index contributed by atoms with van der Waals surface area (Å²) in [4.78, 5) is 2.53. The SMILES string of the molecule is COCC(C)(C)N1CCC(N)C(C)C1C. The molecule has 0 radical (unpaired) electrons. The van der Waals surface area contributed by atoms with E-state index in [0.717, 1.165) is 19.6 Å². The summed E-state index contributed by atoms with van der Waals surface area (Å²) in [7, 11) is 1.77. The van der Waals surface area contributed by atoms with E-state index in [1.54, 1.807) is 7.11 Å². The highest BCUT2D eigenvalue weighted by atomic mass is 16.5. The van der Waals surface area contributed by atoms with Crippen LogP contribution in [0.1, 0.15) is 34.1 Å². The Morgan fingerprint density at radius 2 is 2.00 bits per heavy atom. The van der Waals surface area contributed by atoms with Gasteiger partial charge in [0.05, 0.1) is 6.61 Å². The minimum Gasteiger partial charge on any atom is -0.383 e. The van der Waals surface area contributed by atoms with Gasteiger partial charge >= 0.3 is 0 Å². The molecule has 3 heteroatoms. The van der Waals surface area contributed by atoms with Crippen molar-refractivity contribution < 1.29 is 4.74 Å². The fraction of sp³-hybridized carbons (Fsp3) is 1.00. The van der Waals surface area contributed by atoms with Gasteiger partial charge in [0.1, 0.15) is 0 Å².